The van der Waals surface area contributed by atoms with Crippen LogP contribution in [0.25, 0.3) is 65.4 Å². The van der Waals surface area contributed by atoms with Gasteiger partial charge < -0.3 is 120 Å². The summed E-state index contributed by atoms with van der Waals surface area (Å²) in [6.07, 6.45) is -45.4. The summed E-state index contributed by atoms with van der Waals surface area (Å²) in [6, 6.07) is -37.3. The highest BCUT2D eigenvalue weighted by Gasteiger charge is 2.29. The molecule has 0 saturated carbocycles. The number of nitrogens with zero attached hydrogens (tertiary/aromatic N) is 6. The third-order valence-electron chi connectivity index (χ3n) is 15.7. The summed E-state index contributed by atoms with van der Waals surface area (Å²) in [7, 11) is 8.06. The molecule has 6 aromatic heterocycles. The highest BCUT2D eigenvalue weighted by molar-refractivity contribution is 5.88. The first-order valence-corrected chi connectivity index (χ1v) is 35.6. The van der Waals surface area contributed by atoms with Crippen molar-refractivity contribution in [2.24, 2.45) is 0 Å². The van der Waals surface area contributed by atoms with Crippen molar-refractivity contribution in [2.45, 2.75) is 113 Å². The molecule has 0 radical (unpaired) electrons. The molecule has 0 bridgehead atoms. The maximum absolute atomic E-state index is 11.9. The van der Waals surface area contributed by atoms with E-state index in [-0.39, 0.29) is 79.0 Å². The van der Waals surface area contributed by atoms with Gasteiger partial charge in [-0.15, -0.1) is 0 Å². The molecule has 12 heterocycles. The summed E-state index contributed by atoms with van der Waals surface area (Å²) in [6.45, 7) is -50.2. The number of aromatic amines is 6. The Morgan fingerprint density at radius 1 is 0.325 bits per heavy atom. The van der Waals surface area contributed by atoms with Gasteiger partial charge in [0.05, 0.1) is 93.7 Å². The summed E-state index contributed by atoms with van der Waals surface area (Å²) < 4.78 is 755. The lowest BCUT2D eigenvalue weighted by Crippen LogP contribution is -2.28. The molecule has 12 aromatic rings. The van der Waals surface area contributed by atoms with Crippen LogP contribution in [0.5, 0.6) is 0 Å². The minimum atomic E-state index is -3.98. The number of cyclic esters (lactones) is 6. The van der Waals surface area contributed by atoms with Crippen LogP contribution in [-0.4, -0.2) is 295 Å². The quantitative estimate of drug-likeness (QED) is 0.0186. The van der Waals surface area contributed by atoms with Gasteiger partial charge in [-0.25, -0.2) is 28.8 Å². The molecule has 6 fully saturated rings. The number of rotatable bonds is 30. The second-order valence-electron chi connectivity index (χ2n) is 25.5. The van der Waals surface area contributed by atoms with Gasteiger partial charge >= 0.3 is 36.6 Å². The Kier molecular flexibility index (Phi) is 10.8. The number of aromatic nitrogens is 6. The van der Waals surface area contributed by atoms with E-state index in [1.807, 2.05) is 0 Å². The fourth-order valence-corrected chi connectivity index (χ4v) is 10.2. The van der Waals surface area contributed by atoms with Crippen LogP contribution in [0.3, 0.4) is 0 Å². The first-order valence-electron chi connectivity index (χ1n) is 80.2. The fourth-order valence-electron chi connectivity index (χ4n) is 10.2. The van der Waals surface area contributed by atoms with Gasteiger partial charge in [-0.3, -0.25) is 0 Å². The largest absolute Gasteiger partial charge is 0.447 e. The normalized spacial score (nSPS) is 36.7. The van der Waals surface area contributed by atoms with E-state index >= 15 is 0 Å². The number of alkyl carbamates (subject to hydrolysis) is 6. The Morgan fingerprint density at radius 3 is 0.865 bits per heavy atom. The fraction of sp³-hybridized carbons (Fsp3) is 0.438. The highest BCUT2D eigenvalue weighted by Crippen LogP contribution is 2.29. The van der Waals surface area contributed by atoms with Crippen LogP contribution in [0.1, 0.15) is 182 Å². The molecule has 6 aliphatic rings. The van der Waals surface area contributed by atoms with Crippen LogP contribution in [0.2, 0.25) is 8.47 Å². The van der Waals surface area contributed by atoms with Gasteiger partial charge in [-0.2, -0.15) is 0 Å². The molecule has 30 nitrogen and oxygen atoms in total. The number of amides is 6. The smallest absolute Gasteiger partial charge is 0.407 e. The number of nitrogens with one attached hydrogen (secondary N) is 12. The monoisotopic (exact) mass is 1810 g/mol. The Hall–Kier alpha value is -12.1. The number of hydrogen-bond acceptors (Lipinski definition) is 18. The second kappa shape index (κ2) is 43.7. The number of H-pyrrole nitrogens is 6. The van der Waals surface area contributed by atoms with Crippen LogP contribution in [0.15, 0.2) is 146 Å². The van der Waals surface area contributed by atoms with Crippen molar-refractivity contribution in [1.29, 1.82) is 0 Å². The minimum Gasteiger partial charge on any atom is -0.447 e. The van der Waals surface area contributed by atoms with E-state index in [1.165, 1.54) is 21.1 Å². The third kappa shape index (κ3) is 26.5. The minimum absolute atomic E-state index is 0.0846. The van der Waals surface area contributed by atoms with Gasteiger partial charge in [0.2, 0.25) is 0 Å². The summed E-state index contributed by atoms with van der Waals surface area (Å²) in [5.74, 6) is 0. The number of likely N-dealkylation sites (N-methyl/N-ethyl adjacent to an activating group) is 6. The molecule has 12 N–H and O–H groups in total. The Labute approximate surface area is 863 Å². The topological polar surface area (TPSA) is 344 Å². The van der Waals surface area contributed by atoms with E-state index in [2.05, 4.69) is 43.4 Å². The van der Waals surface area contributed by atoms with Gasteiger partial charge in [-0.1, -0.05) is 36.3 Å². The predicted octanol–water partition coefficient (Wildman–Crippen LogP) is 11.5. The standard InChI is InChI=1S/6C16H21N3O2/c6*1-19(2)6-5-12-9-17-15-4-3-11(8-14(12)15)7-13-10-21-16(20)18-13/h6*3-4,8-9,13,17H,5-7,10H2,1-2H3,(H,18,20)/t6*13-/m000000/s1/i1D3,2D3,3D,4D,5D2,6D2,7D2,8D,9D,10D2,13D;1D3,3D,4D,5D2,6D2,7D2,8D,9D,10D2,13D;3D,4D,5D2,6D2,7D2,8D,9D,10D2,13D;1D3,2D3,3D,4D,7D2,8D,9D,10D2,13D;1D3,3D,4D,7D2,8D,9D,10D2,13D;3D,4D,7D2,8D,9D,10D2,13D/hD6. The molecule has 6 saturated heterocycles. The van der Waals surface area contributed by atoms with E-state index in [9.17, 15) is 28.8 Å². The van der Waals surface area contributed by atoms with Gasteiger partial charge in [-0.05, 0) is 300 Å². The summed E-state index contributed by atoms with van der Waals surface area (Å²) in [5.41, 5.74) is -12.5. The molecule has 6 amide bonds. The second-order valence-corrected chi connectivity index (χ2v) is 25.5. The van der Waals surface area contributed by atoms with Crippen molar-refractivity contribution in [1.82, 2.24) is 91.2 Å². The van der Waals surface area contributed by atoms with Crippen molar-refractivity contribution < 1.29 is 181 Å². The Morgan fingerprint density at radius 2 is 0.587 bits per heavy atom. The van der Waals surface area contributed by atoms with E-state index < -0.39 is 493 Å². The zero-order chi connectivity index (χ0) is 168. The molecule has 18 rings (SSSR count). The van der Waals surface area contributed by atoms with Gasteiger partial charge in [0, 0.05) is 199 Å². The first kappa shape index (κ1) is 31.2. The van der Waals surface area contributed by atoms with E-state index in [1.54, 1.807) is 34.9 Å². The summed E-state index contributed by atoms with van der Waals surface area (Å²) in [4.78, 5) is 81.8. The number of benzene rings is 6. The number of carbonyl (C=O) groups is 6. The van der Waals surface area contributed by atoms with E-state index in [4.69, 9.17) is 124 Å². The maximum atomic E-state index is 11.9. The molecule has 6 atom stereocenters. The SMILES string of the molecule is [2H]c1[nH]c2c([2H])c([2H])c(C([2H])([2H])[C@]3([2H])NC(=O)OC3([2H])[2H])c([2H])c2c1C([2H])([2H])C([2H])([2H])N(C([2H])([2H])[2H])C([2H])([2H])[2H].[2H]c1[nH]c2c([2H])c([2H])c(C([2H])([2H])[C@]3([2H])NC(=O)OC3([2H])[2H])c([2H])c2c1C([2H])([2H])C([2H])([2H])N(C)C.[2H]c1[nH]c2c([2H])c([2H])c(C([2H])([2H])[C@]3([2H])NC(=O)OC3([2H])[2H])c([2H])c2c1C([2H])([2H])C([2H])([2H])N(C)C([2H])([2H])[2H].[2H]c1c(C([2H])([2H])[C@]2([2H])N([2H])C(=O)OC2([2H])[2H])c([2H])c2c(CCN(C([2H])([2H])[2H])C([2H])([2H])[2H])c([2H])n([2H])c2c1[2H].[2H]c1c(C([2H])([2H])[C@]2([2H])N([2H])C(=O)OC2([2H])[2H])c([2H])c2c(CCN(C)C([2H])([2H])[2H])c([2H])n([2H])c2c1[2H].[2H]c1c(C([2H])([2H])[C@]2([2H])N([2H])C(=O)OC2([2H])[2H])c([2H])c2c(CCN(C)C)c([2H])n([2H])c2c1[2H]. The number of fused-ring (bicyclic) bond motifs is 6. The molecule has 0 unspecified atom stereocenters. The van der Waals surface area contributed by atoms with Crippen LogP contribution in [-0.2, 0) is 105 Å². The summed E-state index contributed by atoms with van der Waals surface area (Å²) in [5, 5.41) is 0.623. The molecular formula is C96H126N18O12. The van der Waals surface area contributed by atoms with Crippen LogP contribution < -0.4 is 31.9 Å². The first-order chi connectivity index (χ1) is 96.3. The van der Waals surface area contributed by atoms with Crippen molar-refractivity contribution >= 4 is 102 Å². The van der Waals surface area contributed by atoms with Crippen molar-refractivity contribution in [3.05, 3.63) is 213 Å². The Balaban J connectivity index is 0.000000207. The molecule has 30 heteroatoms. The lowest BCUT2D eigenvalue weighted by atomic mass is 10.0. The molecule has 0 spiro atoms. The average molecular weight is 1810 g/mol. The van der Waals surface area contributed by atoms with Crippen LogP contribution >= 0.6 is 0 Å². The molecule has 672 valence electrons. The molecule has 6 aliphatic heterocycles. The van der Waals surface area contributed by atoms with Gasteiger partial charge in [0.25, 0.3) is 0 Å². The molecule has 126 heavy (non-hydrogen) atoms. The third-order valence-corrected chi connectivity index (χ3v) is 15.7. The summed E-state index contributed by atoms with van der Waals surface area (Å²) >= 11 is 0. The maximum Gasteiger partial charge on any atom is 0.407 e. The van der Waals surface area contributed by atoms with E-state index in [0.717, 1.165) is 16.8 Å². The van der Waals surface area contributed by atoms with Crippen LogP contribution in [0, 0.1) is 0 Å². The van der Waals surface area contributed by atoms with Gasteiger partial charge in [0.15, 0.2) is 8.47 Å². The molecule has 0 aliphatic carbocycles. The number of carbonyl (C=O) groups excluding carboxylic acids is 6. The molecular weight excluding hydrogens is 1600 g/mol. The number of hydrogen-bond donors (Lipinski definition) is 12. The van der Waals surface area contributed by atoms with Gasteiger partial charge in [0.1, 0.15) is 39.4 Å². The number of aryl methyl sites for hydroxylation is 3. The zero-order valence-electron chi connectivity index (χ0n) is 156. The van der Waals surface area contributed by atoms with Crippen molar-refractivity contribution in [3.63, 3.8) is 0 Å². The lowest BCUT2D eigenvalue weighted by Gasteiger charge is -2.09. The van der Waals surface area contributed by atoms with Crippen molar-refractivity contribution in [2.75, 3.05) is 163 Å². The predicted molar refractivity (Wildman–Crippen MR) is 495 cm³/mol. The Bertz CT molecular complexity index is 10400. The zero-order valence-corrected chi connectivity index (χ0v) is 65.5. The van der Waals surface area contributed by atoms with E-state index in [0.29, 0.717) is 21.5 Å². The van der Waals surface area contributed by atoms with Crippen LogP contribution in [0.4, 0.5) is 28.8 Å². The highest BCUT2D eigenvalue weighted by atomic mass is 16.6. The average Bonchev–Trinajstić information content (AvgIpc) is 1.55. The lowest BCUT2D eigenvalue weighted by molar-refractivity contribution is 0.176. The van der Waals surface area contributed by atoms with Crippen molar-refractivity contribution in [3.8, 4) is 0 Å². The number of ether oxygens (including phenoxy) is 6. The molecule has 6 aromatic carbocycles.